The first-order valence-electron chi connectivity index (χ1n) is 11.3. The highest BCUT2D eigenvalue weighted by Gasteiger charge is 2.40. The fourth-order valence-electron chi connectivity index (χ4n) is 5.04. The van der Waals surface area contributed by atoms with Crippen molar-refractivity contribution in [2.24, 2.45) is 0 Å². The summed E-state index contributed by atoms with van der Waals surface area (Å²) in [4.78, 5) is 28.3. The summed E-state index contributed by atoms with van der Waals surface area (Å²) in [7, 11) is 1.62. The number of rotatable bonds is 3. The Morgan fingerprint density at radius 3 is 2.47 bits per heavy atom. The molecular formula is C28H25FN2O3. The number of carbonyl (C=O) groups is 2. The van der Waals surface area contributed by atoms with Gasteiger partial charge in [0.2, 0.25) is 5.91 Å². The maximum Gasteiger partial charge on any atom is 0.224 e. The van der Waals surface area contributed by atoms with Crippen molar-refractivity contribution in [1.82, 2.24) is 0 Å². The van der Waals surface area contributed by atoms with Crippen molar-refractivity contribution in [2.75, 3.05) is 17.3 Å². The molecule has 1 aliphatic heterocycles. The highest BCUT2D eigenvalue weighted by atomic mass is 19.1. The molecule has 5 rings (SSSR count). The van der Waals surface area contributed by atoms with Crippen LogP contribution >= 0.6 is 0 Å². The van der Waals surface area contributed by atoms with Gasteiger partial charge >= 0.3 is 0 Å². The first-order chi connectivity index (χ1) is 16.5. The Balaban J connectivity index is 1.67. The van der Waals surface area contributed by atoms with Crippen LogP contribution in [0.1, 0.15) is 42.9 Å². The maximum absolute atomic E-state index is 14.3. The van der Waals surface area contributed by atoms with Crippen molar-refractivity contribution in [3.05, 3.63) is 101 Å². The van der Waals surface area contributed by atoms with Crippen LogP contribution in [-0.2, 0) is 9.59 Å². The van der Waals surface area contributed by atoms with Gasteiger partial charge in [-0.1, -0.05) is 36.4 Å². The van der Waals surface area contributed by atoms with Gasteiger partial charge in [-0.2, -0.15) is 0 Å². The topological polar surface area (TPSA) is 58.6 Å². The smallest absolute Gasteiger partial charge is 0.224 e. The normalized spacial score (nSPS) is 19.6. The summed E-state index contributed by atoms with van der Waals surface area (Å²) in [5.74, 6) is 0.0580. The number of carbonyl (C=O) groups excluding carboxylic acids is 2. The van der Waals surface area contributed by atoms with E-state index in [4.69, 9.17) is 4.74 Å². The molecular weight excluding hydrogens is 431 g/mol. The number of Topliss-reactive ketones (excluding diaryl/α,β-unsaturated/α-hetero) is 1. The molecule has 1 amide bonds. The molecule has 6 heteroatoms. The van der Waals surface area contributed by atoms with Gasteiger partial charge in [0.15, 0.2) is 5.78 Å². The Hall–Kier alpha value is -3.93. The van der Waals surface area contributed by atoms with E-state index in [0.717, 1.165) is 22.7 Å². The third-order valence-corrected chi connectivity index (χ3v) is 6.58. The third-order valence-electron chi connectivity index (χ3n) is 6.58. The second-order valence-electron chi connectivity index (χ2n) is 8.68. The number of amides is 1. The zero-order chi connectivity index (χ0) is 23.8. The summed E-state index contributed by atoms with van der Waals surface area (Å²) >= 11 is 0. The summed E-state index contributed by atoms with van der Waals surface area (Å²) in [6.45, 7) is 1.47. The zero-order valence-electron chi connectivity index (χ0n) is 19.0. The van der Waals surface area contributed by atoms with Crippen molar-refractivity contribution in [3.8, 4) is 5.75 Å². The van der Waals surface area contributed by atoms with Crippen LogP contribution in [0.4, 0.5) is 15.8 Å². The standard InChI is InChI=1S/C28H25FN2O3/c1-17(32)31-25-9-4-3-8-23(25)30-24-15-20(18-10-12-22(34-2)13-11-18)16-26(33)27(24)28(31)19-6-5-7-21(29)14-19/h3-14,20,28,30H,15-16H2,1-2H3/t20-,28-/m0/s1. The number of methoxy groups -OCH3 is 1. The molecule has 1 N–H and O–H groups in total. The fourth-order valence-corrected chi connectivity index (χ4v) is 5.04. The molecule has 0 unspecified atom stereocenters. The molecule has 0 saturated carbocycles. The number of hydrogen-bond acceptors (Lipinski definition) is 4. The van der Waals surface area contributed by atoms with Gasteiger partial charge in [0.25, 0.3) is 0 Å². The number of fused-ring (bicyclic) bond motifs is 1. The molecule has 0 saturated heterocycles. The zero-order valence-corrected chi connectivity index (χ0v) is 19.0. The van der Waals surface area contributed by atoms with E-state index in [9.17, 15) is 14.0 Å². The van der Waals surface area contributed by atoms with E-state index in [0.29, 0.717) is 29.7 Å². The van der Waals surface area contributed by atoms with E-state index in [1.807, 2.05) is 48.5 Å². The lowest BCUT2D eigenvalue weighted by atomic mass is 9.78. The average molecular weight is 457 g/mol. The van der Waals surface area contributed by atoms with Gasteiger partial charge < -0.3 is 10.1 Å². The number of halogens is 1. The van der Waals surface area contributed by atoms with Gasteiger partial charge in [0.05, 0.1) is 24.5 Å². The van der Waals surface area contributed by atoms with Crippen LogP contribution in [0, 0.1) is 5.82 Å². The van der Waals surface area contributed by atoms with Gasteiger partial charge in [0, 0.05) is 24.6 Å². The van der Waals surface area contributed by atoms with Gasteiger partial charge in [-0.15, -0.1) is 0 Å². The Morgan fingerprint density at radius 1 is 1.00 bits per heavy atom. The molecule has 0 fully saturated rings. The molecule has 0 radical (unpaired) electrons. The summed E-state index contributed by atoms with van der Waals surface area (Å²) in [6.07, 6.45) is 0.903. The SMILES string of the molecule is COc1ccc([C@@H]2CC(=O)C3=C(C2)Nc2ccccc2N(C(C)=O)[C@H]3c2cccc(F)c2)cc1. The molecule has 3 aromatic rings. The summed E-state index contributed by atoms with van der Waals surface area (Å²) in [6, 6.07) is 20.7. The van der Waals surface area contributed by atoms with Gasteiger partial charge in [0.1, 0.15) is 11.6 Å². The Bertz CT molecular complexity index is 1300. The minimum atomic E-state index is -0.719. The van der Waals surface area contributed by atoms with E-state index >= 15 is 0 Å². The molecule has 172 valence electrons. The van der Waals surface area contributed by atoms with Crippen molar-refractivity contribution >= 4 is 23.1 Å². The molecule has 34 heavy (non-hydrogen) atoms. The lowest BCUT2D eigenvalue weighted by molar-refractivity contribution is -0.117. The van der Waals surface area contributed by atoms with Crippen LogP contribution in [-0.4, -0.2) is 18.8 Å². The number of para-hydroxylation sites is 2. The number of nitrogens with one attached hydrogen (secondary N) is 1. The molecule has 2 atom stereocenters. The molecule has 3 aromatic carbocycles. The maximum atomic E-state index is 14.3. The number of nitrogens with zero attached hydrogens (tertiary/aromatic N) is 1. The van der Waals surface area contributed by atoms with Crippen molar-refractivity contribution in [2.45, 2.75) is 31.7 Å². The Morgan fingerprint density at radius 2 is 1.76 bits per heavy atom. The first-order valence-corrected chi connectivity index (χ1v) is 11.3. The lowest BCUT2D eigenvalue weighted by Crippen LogP contribution is -2.37. The van der Waals surface area contributed by atoms with Crippen LogP contribution < -0.4 is 15.0 Å². The predicted octanol–water partition coefficient (Wildman–Crippen LogP) is 5.75. The highest BCUT2D eigenvalue weighted by Crippen LogP contribution is 2.47. The second kappa shape index (κ2) is 8.78. The Labute approximate surface area is 197 Å². The first kappa shape index (κ1) is 21.9. The highest BCUT2D eigenvalue weighted by molar-refractivity contribution is 6.06. The molecule has 0 aromatic heterocycles. The summed E-state index contributed by atoms with van der Waals surface area (Å²) < 4.78 is 19.6. The van der Waals surface area contributed by atoms with Crippen LogP contribution in [0.15, 0.2) is 84.1 Å². The van der Waals surface area contributed by atoms with Crippen LogP contribution in [0.2, 0.25) is 0 Å². The van der Waals surface area contributed by atoms with Crippen molar-refractivity contribution in [1.29, 1.82) is 0 Å². The number of anilines is 2. The number of benzene rings is 3. The minimum Gasteiger partial charge on any atom is -0.497 e. The lowest BCUT2D eigenvalue weighted by Gasteiger charge is -2.34. The second-order valence-corrected chi connectivity index (χ2v) is 8.68. The summed E-state index contributed by atoms with van der Waals surface area (Å²) in [5, 5.41) is 3.46. The van der Waals surface area contributed by atoms with E-state index in [-0.39, 0.29) is 17.6 Å². The largest absolute Gasteiger partial charge is 0.497 e. The monoisotopic (exact) mass is 456 g/mol. The number of allylic oxidation sites excluding steroid dienone is 1. The summed E-state index contributed by atoms with van der Waals surface area (Å²) in [5.41, 5.74) is 4.30. The molecule has 0 spiro atoms. The minimum absolute atomic E-state index is 0.0196. The molecule has 1 heterocycles. The number of ether oxygens (including phenoxy) is 1. The predicted molar refractivity (Wildman–Crippen MR) is 129 cm³/mol. The van der Waals surface area contributed by atoms with Crippen LogP contribution in [0.5, 0.6) is 5.75 Å². The Kier molecular flexibility index (Phi) is 5.65. The quantitative estimate of drug-likeness (QED) is 0.545. The van der Waals surface area contributed by atoms with Gasteiger partial charge in [-0.3, -0.25) is 14.5 Å². The van der Waals surface area contributed by atoms with E-state index < -0.39 is 11.9 Å². The van der Waals surface area contributed by atoms with Crippen LogP contribution in [0.25, 0.3) is 0 Å². The number of hydrogen-bond donors (Lipinski definition) is 1. The molecule has 1 aliphatic carbocycles. The molecule has 2 aliphatic rings. The molecule has 0 bridgehead atoms. The van der Waals surface area contributed by atoms with Gasteiger partial charge in [-0.05, 0) is 59.9 Å². The third kappa shape index (κ3) is 3.85. The van der Waals surface area contributed by atoms with E-state index in [2.05, 4.69) is 5.32 Å². The fraction of sp³-hybridized carbons (Fsp3) is 0.214. The van der Waals surface area contributed by atoms with E-state index in [1.54, 1.807) is 24.1 Å². The van der Waals surface area contributed by atoms with Crippen molar-refractivity contribution < 1.29 is 18.7 Å². The number of ketones is 1. The molecule has 5 nitrogen and oxygen atoms in total. The average Bonchev–Trinajstić information content (AvgIpc) is 2.98. The van der Waals surface area contributed by atoms with E-state index in [1.165, 1.54) is 19.1 Å². The van der Waals surface area contributed by atoms with Crippen molar-refractivity contribution in [3.63, 3.8) is 0 Å². The van der Waals surface area contributed by atoms with Gasteiger partial charge in [-0.25, -0.2) is 4.39 Å². The van der Waals surface area contributed by atoms with Crippen LogP contribution in [0.3, 0.4) is 0 Å².